The number of carbonyl (C=O) groups excluding carboxylic acids is 1. The van der Waals surface area contributed by atoms with Crippen molar-refractivity contribution in [3.63, 3.8) is 0 Å². The number of aryl methyl sites for hydroxylation is 1. The summed E-state index contributed by atoms with van der Waals surface area (Å²) in [6, 6.07) is 10.2. The fourth-order valence-corrected chi connectivity index (χ4v) is 7.61. The number of alkyl halides is 3. The smallest absolute Gasteiger partial charge is 0.417 e. The SMILES string of the molecule is COc1cc2c(cc1OC)CC(S(=O)(=O)c1ccc(OC)c(N3CCN(C(=O)c4cc(F)ccc4C(F)(F)F)CC3)c1)CC2. The Labute approximate surface area is 253 Å². The highest BCUT2D eigenvalue weighted by Gasteiger charge is 2.38. The predicted octanol–water partition coefficient (Wildman–Crippen LogP) is 5.16. The molecular weight excluding hydrogens is 604 g/mol. The molecule has 1 heterocycles. The van der Waals surface area contributed by atoms with E-state index in [2.05, 4.69) is 0 Å². The molecule has 1 aliphatic carbocycles. The van der Waals surface area contributed by atoms with Crippen molar-refractivity contribution in [2.45, 2.75) is 35.6 Å². The first kappa shape index (κ1) is 31.4. The van der Waals surface area contributed by atoms with Crippen LogP contribution >= 0.6 is 0 Å². The molecule has 0 radical (unpaired) electrons. The molecule has 1 saturated heterocycles. The maximum atomic E-state index is 13.9. The molecule has 8 nitrogen and oxygen atoms in total. The normalized spacial score (nSPS) is 17.2. The highest BCUT2D eigenvalue weighted by atomic mass is 32.2. The van der Waals surface area contributed by atoms with Crippen LogP contribution in [-0.4, -0.2) is 72.0 Å². The van der Waals surface area contributed by atoms with Crippen LogP contribution in [0.2, 0.25) is 0 Å². The summed E-state index contributed by atoms with van der Waals surface area (Å²) >= 11 is 0. The lowest BCUT2D eigenvalue weighted by molar-refractivity contribution is -0.138. The third-order valence-corrected chi connectivity index (χ3v) is 10.4. The van der Waals surface area contributed by atoms with Gasteiger partial charge in [0.05, 0.1) is 48.3 Å². The van der Waals surface area contributed by atoms with Crippen molar-refractivity contribution in [1.82, 2.24) is 4.90 Å². The molecule has 1 amide bonds. The number of halogens is 4. The van der Waals surface area contributed by atoms with Crippen LogP contribution in [-0.2, 0) is 28.9 Å². The largest absolute Gasteiger partial charge is 0.495 e. The number of methoxy groups -OCH3 is 3. The second kappa shape index (κ2) is 12.2. The van der Waals surface area contributed by atoms with Crippen LogP contribution in [0.1, 0.15) is 33.5 Å². The van der Waals surface area contributed by atoms with Crippen LogP contribution in [0, 0.1) is 5.82 Å². The molecule has 0 N–H and O–H groups in total. The maximum absolute atomic E-state index is 13.9. The van der Waals surface area contributed by atoms with Crippen molar-refractivity contribution in [1.29, 1.82) is 0 Å². The van der Waals surface area contributed by atoms with E-state index in [0.717, 1.165) is 11.1 Å². The van der Waals surface area contributed by atoms with Crippen molar-refractivity contribution >= 4 is 21.4 Å². The third kappa shape index (κ3) is 6.01. The molecule has 236 valence electrons. The second-order valence-electron chi connectivity index (χ2n) is 10.7. The highest BCUT2D eigenvalue weighted by Crippen LogP contribution is 2.39. The minimum Gasteiger partial charge on any atom is -0.495 e. The zero-order valence-corrected chi connectivity index (χ0v) is 25.2. The zero-order valence-electron chi connectivity index (χ0n) is 24.4. The molecule has 2 aliphatic rings. The van der Waals surface area contributed by atoms with E-state index in [9.17, 15) is 30.8 Å². The Bertz CT molecular complexity index is 1670. The lowest BCUT2D eigenvalue weighted by Crippen LogP contribution is -2.49. The first-order valence-electron chi connectivity index (χ1n) is 13.9. The van der Waals surface area contributed by atoms with Crippen molar-refractivity contribution in [3.05, 3.63) is 76.6 Å². The standard InChI is InChI=1S/C31H32F4N2O6S/c1-41-27-9-7-23(44(39,40)22-6-4-19-15-28(42-2)29(43-3)16-20(19)14-22)18-26(27)36-10-12-37(13-11-36)30(38)24-17-21(32)5-8-25(24)31(33,34)35/h5,7-9,15-18,22H,4,6,10-14H2,1-3H3. The minimum atomic E-state index is -4.82. The van der Waals surface area contributed by atoms with E-state index in [-0.39, 0.29) is 31.1 Å². The van der Waals surface area contributed by atoms with Crippen molar-refractivity contribution < 1.29 is 45.0 Å². The second-order valence-corrected chi connectivity index (χ2v) is 12.9. The molecule has 44 heavy (non-hydrogen) atoms. The van der Waals surface area contributed by atoms with Gasteiger partial charge in [0, 0.05) is 26.2 Å². The van der Waals surface area contributed by atoms with Crippen molar-refractivity contribution in [2.75, 3.05) is 52.4 Å². The predicted molar refractivity (Wildman–Crippen MR) is 155 cm³/mol. The molecule has 1 unspecified atom stereocenters. The average Bonchev–Trinajstić information content (AvgIpc) is 3.02. The van der Waals surface area contributed by atoms with Crippen LogP contribution in [0.4, 0.5) is 23.2 Å². The van der Waals surface area contributed by atoms with E-state index in [1.165, 1.54) is 25.2 Å². The molecule has 1 fully saturated rings. The number of carbonyl (C=O) groups is 1. The molecule has 5 rings (SSSR count). The summed E-state index contributed by atoms with van der Waals surface area (Å²) in [4.78, 5) is 16.2. The van der Waals surface area contributed by atoms with Gasteiger partial charge in [0.15, 0.2) is 21.3 Å². The van der Waals surface area contributed by atoms with E-state index < -0.39 is 44.1 Å². The summed E-state index contributed by atoms with van der Waals surface area (Å²) in [6.45, 7) is 0.469. The van der Waals surface area contributed by atoms with Crippen LogP contribution in [0.5, 0.6) is 17.2 Å². The van der Waals surface area contributed by atoms with Gasteiger partial charge >= 0.3 is 6.18 Å². The summed E-state index contributed by atoms with van der Waals surface area (Å²) in [6.07, 6.45) is -3.54. The zero-order chi connectivity index (χ0) is 31.8. The summed E-state index contributed by atoms with van der Waals surface area (Å²) in [5, 5.41) is -0.669. The quantitative estimate of drug-likeness (QED) is 0.331. The van der Waals surface area contributed by atoms with Gasteiger partial charge in [0.25, 0.3) is 5.91 Å². The third-order valence-electron chi connectivity index (χ3n) is 8.23. The molecule has 1 aliphatic heterocycles. The molecule has 0 aromatic heterocycles. The number of hydrogen-bond donors (Lipinski definition) is 0. The summed E-state index contributed by atoms with van der Waals surface area (Å²) in [5.74, 6) is -0.333. The van der Waals surface area contributed by atoms with Gasteiger partial charge in [-0.1, -0.05) is 0 Å². The molecule has 1 atom stereocenters. The van der Waals surface area contributed by atoms with Crippen LogP contribution in [0.3, 0.4) is 0 Å². The molecule has 0 bridgehead atoms. The number of nitrogens with zero attached hydrogens (tertiary/aromatic N) is 2. The van der Waals surface area contributed by atoms with Gasteiger partial charge in [-0.15, -0.1) is 0 Å². The Hall–Kier alpha value is -4.00. The Kier molecular flexibility index (Phi) is 8.70. The monoisotopic (exact) mass is 636 g/mol. The lowest BCUT2D eigenvalue weighted by atomic mass is 9.91. The number of amides is 1. The van der Waals surface area contributed by atoms with E-state index in [1.54, 1.807) is 19.2 Å². The Balaban J connectivity index is 1.35. The number of sulfone groups is 1. The number of piperazine rings is 1. The fourth-order valence-electron chi connectivity index (χ4n) is 5.86. The van der Waals surface area contributed by atoms with Gasteiger partial charge in [-0.3, -0.25) is 4.79 Å². The first-order valence-corrected chi connectivity index (χ1v) is 15.5. The Morgan fingerprint density at radius 2 is 1.48 bits per heavy atom. The molecular formula is C31H32F4N2O6S. The summed E-state index contributed by atoms with van der Waals surface area (Å²) < 4.78 is 98.3. The van der Waals surface area contributed by atoms with Crippen molar-refractivity contribution in [3.8, 4) is 17.2 Å². The summed E-state index contributed by atoms with van der Waals surface area (Å²) in [7, 11) is 0.757. The average molecular weight is 637 g/mol. The van der Waals surface area contributed by atoms with Crippen LogP contribution in [0.25, 0.3) is 0 Å². The number of hydrogen-bond acceptors (Lipinski definition) is 7. The number of benzene rings is 3. The number of rotatable bonds is 7. The minimum absolute atomic E-state index is 0.0392. The number of anilines is 1. The molecule has 13 heteroatoms. The van der Waals surface area contributed by atoms with E-state index in [4.69, 9.17) is 14.2 Å². The van der Waals surface area contributed by atoms with E-state index in [1.807, 2.05) is 17.0 Å². The Morgan fingerprint density at radius 3 is 2.09 bits per heavy atom. The van der Waals surface area contributed by atoms with Crippen LogP contribution < -0.4 is 19.1 Å². The van der Waals surface area contributed by atoms with Crippen LogP contribution in [0.15, 0.2) is 53.4 Å². The van der Waals surface area contributed by atoms with Gasteiger partial charge in [0.2, 0.25) is 0 Å². The van der Waals surface area contributed by atoms with Gasteiger partial charge in [-0.25, -0.2) is 12.8 Å². The lowest BCUT2D eigenvalue weighted by Gasteiger charge is -2.37. The number of ether oxygens (including phenoxy) is 3. The molecule has 0 saturated carbocycles. The highest BCUT2D eigenvalue weighted by molar-refractivity contribution is 7.92. The molecule has 3 aromatic rings. The van der Waals surface area contributed by atoms with Gasteiger partial charge in [-0.2, -0.15) is 13.2 Å². The first-order chi connectivity index (χ1) is 20.9. The van der Waals surface area contributed by atoms with Gasteiger partial charge < -0.3 is 24.0 Å². The Morgan fingerprint density at radius 1 is 0.841 bits per heavy atom. The van der Waals surface area contributed by atoms with E-state index in [0.29, 0.717) is 60.4 Å². The van der Waals surface area contributed by atoms with E-state index >= 15 is 0 Å². The van der Waals surface area contributed by atoms with Gasteiger partial charge in [-0.05, 0) is 78.9 Å². The maximum Gasteiger partial charge on any atom is 0.417 e. The molecule has 3 aromatic carbocycles. The summed E-state index contributed by atoms with van der Waals surface area (Å²) in [5.41, 5.74) is 0.433. The van der Waals surface area contributed by atoms with Gasteiger partial charge in [0.1, 0.15) is 11.6 Å². The topological polar surface area (TPSA) is 85.4 Å². The van der Waals surface area contributed by atoms with Crippen molar-refractivity contribution in [2.24, 2.45) is 0 Å². The fraction of sp³-hybridized carbons (Fsp3) is 0.387. The molecule has 0 spiro atoms. The number of fused-ring (bicyclic) bond motifs is 1.